The molecule has 0 atom stereocenters. The molecule has 1 amide bonds. The summed E-state index contributed by atoms with van der Waals surface area (Å²) in [5.74, 6) is 1.24. The number of carbonyl (C=O) groups is 1. The Hall–Kier alpha value is -3.09. The maximum Gasteiger partial charge on any atom is 0.242 e. The molecule has 0 saturated heterocycles. The van der Waals surface area contributed by atoms with Gasteiger partial charge in [0.15, 0.2) is 5.82 Å². The Labute approximate surface area is 145 Å². The van der Waals surface area contributed by atoms with E-state index in [4.69, 9.17) is 0 Å². The minimum absolute atomic E-state index is 0.0136. The minimum Gasteiger partial charge on any atom is -0.273 e. The lowest BCUT2D eigenvalue weighted by Crippen LogP contribution is -2.33. The van der Waals surface area contributed by atoms with Crippen LogP contribution in [0.4, 0.5) is 11.5 Å². The number of nitrogens with zero attached hydrogens (tertiary/aromatic N) is 6. The van der Waals surface area contributed by atoms with Gasteiger partial charge in [0.05, 0.1) is 17.3 Å². The smallest absolute Gasteiger partial charge is 0.242 e. The third-order valence-electron chi connectivity index (χ3n) is 4.58. The summed E-state index contributed by atoms with van der Waals surface area (Å²) in [6.07, 6.45) is 5.32. The second kappa shape index (κ2) is 5.20. The summed E-state index contributed by atoms with van der Waals surface area (Å²) in [7, 11) is 1.78. The minimum atomic E-state index is -0.616. The molecule has 4 rings (SSSR count). The van der Waals surface area contributed by atoms with Crippen molar-refractivity contribution >= 4 is 17.4 Å². The van der Waals surface area contributed by atoms with Gasteiger partial charge < -0.3 is 0 Å². The van der Waals surface area contributed by atoms with Crippen LogP contribution >= 0.6 is 0 Å². The number of amides is 1. The van der Waals surface area contributed by atoms with E-state index in [2.05, 4.69) is 20.3 Å². The van der Waals surface area contributed by atoms with E-state index in [0.717, 1.165) is 28.2 Å². The number of hydrogen-bond donors (Lipinski definition) is 0. The molecule has 1 aliphatic heterocycles. The Morgan fingerprint density at radius 2 is 1.80 bits per heavy atom. The fraction of sp³-hybridized carbons (Fsp3) is 0.278. The Bertz CT molecular complexity index is 973. The van der Waals surface area contributed by atoms with Gasteiger partial charge in [0.25, 0.3) is 0 Å². The molecule has 126 valence electrons. The number of aryl methyl sites for hydroxylation is 2. The molecule has 0 bridgehead atoms. The van der Waals surface area contributed by atoms with E-state index in [9.17, 15) is 4.79 Å². The summed E-state index contributed by atoms with van der Waals surface area (Å²) in [6, 6.07) is 5.99. The average molecular weight is 334 g/mol. The molecule has 1 aromatic carbocycles. The van der Waals surface area contributed by atoms with Gasteiger partial charge in [-0.15, -0.1) is 5.10 Å². The van der Waals surface area contributed by atoms with E-state index >= 15 is 0 Å². The third kappa shape index (κ3) is 2.31. The Balaban J connectivity index is 1.88. The highest BCUT2D eigenvalue weighted by Crippen LogP contribution is 2.46. The maximum atomic E-state index is 13.0. The highest BCUT2D eigenvalue weighted by atomic mass is 16.2. The molecule has 0 spiro atoms. The maximum absolute atomic E-state index is 13.0. The highest BCUT2D eigenvalue weighted by Gasteiger charge is 2.45. The monoisotopic (exact) mass is 334 g/mol. The van der Waals surface area contributed by atoms with Crippen LogP contribution in [0.1, 0.15) is 25.2 Å². The van der Waals surface area contributed by atoms with Gasteiger partial charge in [-0.05, 0) is 38.0 Å². The van der Waals surface area contributed by atoms with E-state index in [1.807, 2.05) is 39.0 Å². The first-order valence-electron chi connectivity index (χ1n) is 8.02. The summed E-state index contributed by atoms with van der Waals surface area (Å²) in [5.41, 5.74) is 3.05. The summed E-state index contributed by atoms with van der Waals surface area (Å²) >= 11 is 0. The largest absolute Gasteiger partial charge is 0.273 e. The second-order valence-corrected chi connectivity index (χ2v) is 6.77. The number of rotatable bonds is 2. The van der Waals surface area contributed by atoms with Crippen LogP contribution in [0.5, 0.6) is 0 Å². The molecule has 3 aromatic rings. The van der Waals surface area contributed by atoms with E-state index in [1.165, 1.54) is 0 Å². The summed E-state index contributed by atoms with van der Waals surface area (Å²) < 4.78 is 1.59. The van der Waals surface area contributed by atoms with Crippen LogP contribution < -0.4 is 4.90 Å². The van der Waals surface area contributed by atoms with Crippen LogP contribution in [0.25, 0.3) is 11.1 Å². The predicted octanol–water partition coefficient (Wildman–Crippen LogP) is 2.54. The Morgan fingerprint density at radius 3 is 2.44 bits per heavy atom. The molecule has 25 heavy (non-hydrogen) atoms. The van der Waals surface area contributed by atoms with Gasteiger partial charge in [0.2, 0.25) is 5.91 Å². The van der Waals surface area contributed by atoms with Crippen molar-refractivity contribution in [3.8, 4) is 11.1 Å². The van der Waals surface area contributed by atoms with Crippen molar-refractivity contribution in [1.82, 2.24) is 25.0 Å². The van der Waals surface area contributed by atoms with Crippen molar-refractivity contribution in [2.24, 2.45) is 7.05 Å². The second-order valence-electron chi connectivity index (χ2n) is 6.77. The highest BCUT2D eigenvalue weighted by molar-refractivity contribution is 6.12. The fourth-order valence-corrected chi connectivity index (χ4v) is 3.14. The molecule has 0 aliphatic carbocycles. The number of aromatic nitrogens is 5. The molecule has 0 fully saturated rings. The molecule has 7 heteroatoms. The van der Waals surface area contributed by atoms with Crippen LogP contribution in [0.2, 0.25) is 0 Å². The van der Waals surface area contributed by atoms with Crippen molar-refractivity contribution in [1.29, 1.82) is 0 Å². The lowest BCUT2D eigenvalue weighted by atomic mass is 9.85. The van der Waals surface area contributed by atoms with E-state index in [0.29, 0.717) is 5.82 Å². The Kier molecular flexibility index (Phi) is 3.21. The topological polar surface area (TPSA) is 76.8 Å². The molecule has 3 heterocycles. The third-order valence-corrected chi connectivity index (χ3v) is 4.58. The van der Waals surface area contributed by atoms with Crippen molar-refractivity contribution < 1.29 is 4.79 Å². The first-order chi connectivity index (χ1) is 11.9. The zero-order valence-corrected chi connectivity index (χ0v) is 14.6. The van der Waals surface area contributed by atoms with E-state index < -0.39 is 5.41 Å². The van der Waals surface area contributed by atoms with Crippen molar-refractivity contribution in [3.05, 3.63) is 48.2 Å². The van der Waals surface area contributed by atoms with Gasteiger partial charge >= 0.3 is 0 Å². The molecule has 2 aromatic heterocycles. The van der Waals surface area contributed by atoms with Crippen LogP contribution in [-0.4, -0.2) is 30.9 Å². The standard InChI is InChI=1S/C18H18N6O/c1-11-19-8-13(9-20-11)12-5-6-14-15(7-12)24(17(25)18(14,2)3)16-10-23(4)22-21-16/h5-10H,1-4H3. The van der Waals surface area contributed by atoms with Crippen LogP contribution in [0.15, 0.2) is 36.8 Å². The molecule has 0 N–H and O–H groups in total. The Morgan fingerprint density at radius 1 is 1.08 bits per heavy atom. The van der Waals surface area contributed by atoms with Gasteiger partial charge in [0, 0.05) is 25.0 Å². The van der Waals surface area contributed by atoms with Gasteiger partial charge in [-0.25, -0.2) is 9.97 Å². The van der Waals surface area contributed by atoms with Gasteiger partial charge in [-0.3, -0.25) is 14.4 Å². The number of hydrogen-bond acceptors (Lipinski definition) is 5. The van der Waals surface area contributed by atoms with E-state index in [1.54, 1.807) is 35.2 Å². The lowest BCUT2D eigenvalue weighted by Gasteiger charge is -2.17. The number of fused-ring (bicyclic) bond motifs is 1. The number of anilines is 2. The lowest BCUT2D eigenvalue weighted by molar-refractivity contribution is -0.121. The fourth-order valence-electron chi connectivity index (χ4n) is 3.14. The first kappa shape index (κ1) is 15.4. The van der Waals surface area contributed by atoms with Gasteiger partial charge in [-0.1, -0.05) is 17.3 Å². The van der Waals surface area contributed by atoms with Crippen molar-refractivity contribution in [2.45, 2.75) is 26.2 Å². The van der Waals surface area contributed by atoms with Crippen LogP contribution in [0, 0.1) is 6.92 Å². The predicted molar refractivity (Wildman–Crippen MR) is 93.4 cm³/mol. The zero-order chi connectivity index (χ0) is 17.8. The van der Waals surface area contributed by atoms with Crippen LogP contribution in [-0.2, 0) is 17.3 Å². The average Bonchev–Trinajstić information content (AvgIpc) is 3.08. The zero-order valence-electron chi connectivity index (χ0n) is 14.6. The van der Waals surface area contributed by atoms with Crippen LogP contribution in [0.3, 0.4) is 0 Å². The van der Waals surface area contributed by atoms with Crippen molar-refractivity contribution in [3.63, 3.8) is 0 Å². The summed E-state index contributed by atoms with van der Waals surface area (Å²) in [5, 5.41) is 8.08. The van der Waals surface area contributed by atoms with Crippen molar-refractivity contribution in [2.75, 3.05) is 4.90 Å². The summed E-state index contributed by atoms with van der Waals surface area (Å²) in [4.78, 5) is 23.2. The molecule has 1 aliphatic rings. The van der Waals surface area contributed by atoms with Gasteiger partial charge in [0.1, 0.15) is 5.82 Å². The van der Waals surface area contributed by atoms with E-state index in [-0.39, 0.29) is 5.91 Å². The molecule has 7 nitrogen and oxygen atoms in total. The number of carbonyl (C=O) groups excluding carboxylic acids is 1. The SMILES string of the molecule is Cc1ncc(-c2ccc3c(c2)N(c2cn(C)nn2)C(=O)C3(C)C)cn1. The quantitative estimate of drug-likeness (QED) is 0.720. The number of benzene rings is 1. The van der Waals surface area contributed by atoms with Gasteiger partial charge in [-0.2, -0.15) is 0 Å². The molecular weight excluding hydrogens is 316 g/mol. The molecule has 0 unspecified atom stereocenters. The molecular formula is C18H18N6O. The molecule has 0 saturated carbocycles. The molecule has 0 radical (unpaired) electrons. The first-order valence-corrected chi connectivity index (χ1v) is 8.02. The summed E-state index contributed by atoms with van der Waals surface area (Å²) in [6.45, 7) is 5.71. The normalized spacial score (nSPS) is 15.5.